The quantitative estimate of drug-likeness (QED) is 0.263. The van der Waals surface area contributed by atoms with Crippen LogP contribution in [0.15, 0.2) is 126 Å². The van der Waals surface area contributed by atoms with Gasteiger partial charge in [0.2, 0.25) is 0 Å². The highest BCUT2D eigenvalue weighted by molar-refractivity contribution is 6.17. The Morgan fingerprint density at radius 1 is 0.571 bits per heavy atom. The molecule has 167 valence electrons. The molecule has 0 saturated carbocycles. The molecule has 0 atom stereocenters. The summed E-state index contributed by atoms with van der Waals surface area (Å²) in [6.07, 6.45) is 0. The summed E-state index contributed by atoms with van der Waals surface area (Å²) in [6.45, 7) is 0. The van der Waals surface area contributed by atoms with Crippen molar-refractivity contribution in [1.29, 1.82) is 0 Å². The Hall–Kier alpha value is -4.48. The summed E-state index contributed by atoms with van der Waals surface area (Å²) in [7, 11) is 0.685. The number of anilines is 3. The van der Waals surface area contributed by atoms with Crippen LogP contribution < -0.4 is 9.55 Å². The van der Waals surface area contributed by atoms with E-state index in [1.807, 2.05) is 60.7 Å². The molecule has 0 fully saturated rings. The minimum atomic E-state index is 0.559. The molecule has 0 bridgehead atoms. The molecule has 1 N–H and O–H groups in total. The van der Waals surface area contributed by atoms with E-state index < -0.39 is 0 Å². The zero-order valence-electron chi connectivity index (χ0n) is 18.8. The lowest BCUT2D eigenvalue weighted by molar-refractivity contribution is 0.454. The fourth-order valence-electron chi connectivity index (χ4n) is 4.47. The summed E-state index contributed by atoms with van der Waals surface area (Å²) in [4.78, 5) is 2.17. The maximum atomic E-state index is 8.97. The first kappa shape index (κ1) is 21.1. The van der Waals surface area contributed by atoms with Gasteiger partial charge in [0.1, 0.15) is 16.9 Å². The molecule has 4 nitrogen and oxygen atoms in total. The van der Waals surface area contributed by atoms with Crippen molar-refractivity contribution >= 4 is 46.7 Å². The van der Waals surface area contributed by atoms with Crippen LogP contribution in [0.25, 0.3) is 33.1 Å². The molecule has 1 radical (unpaired) electrons. The van der Waals surface area contributed by atoms with Crippen LogP contribution in [0, 0.1) is 0 Å². The van der Waals surface area contributed by atoms with Gasteiger partial charge in [-0.3, -0.25) is 0 Å². The van der Waals surface area contributed by atoms with Crippen LogP contribution in [0.5, 0.6) is 5.75 Å². The van der Waals surface area contributed by atoms with Gasteiger partial charge in [-0.15, -0.1) is 0 Å². The molecule has 35 heavy (non-hydrogen) atoms. The summed E-state index contributed by atoms with van der Waals surface area (Å²) in [5.74, 6) is 0.559. The van der Waals surface area contributed by atoms with Crippen LogP contribution in [0.1, 0.15) is 0 Å². The third-order valence-electron chi connectivity index (χ3n) is 6.14. The molecule has 0 spiro atoms. The Labute approximate surface area is 203 Å². The molecule has 6 aromatic rings. The van der Waals surface area contributed by atoms with Gasteiger partial charge < -0.3 is 19.0 Å². The van der Waals surface area contributed by atoms with Crippen LogP contribution in [0.4, 0.5) is 17.1 Å². The van der Waals surface area contributed by atoms with Gasteiger partial charge in [-0.05, 0) is 65.7 Å². The minimum absolute atomic E-state index is 0.559. The molecule has 6 rings (SSSR count). The van der Waals surface area contributed by atoms with E-state index in [9.17, 15) is 0 Å². The molecule has 0 unspecified atom stereocenters. The molecule has 0 aliphatic rings. The third kappa shape index (κ3) is 4.03. The Balaban J connectivity index is 1.46. The largest absolute Gasteiger partial charge is 0.569 e. The Bertz CT molecular complexity index is 1590. The molecule has 5 aromatic carbocycles. The molecular weight excluding hydrogens is 433 g/mol. The molecular formula is C30H21BNO3. The van der Waals surface area contributed by atoms with E-state index in [0.29, 0.717) is 13.4 Å². The van der Waals surface area contributed by atoms with Crippen LogP contribution in [-0.2, 0) is 0 Å². The SMILES string of the molecule is O[B]Oc1ccc(N(c2ccc(-c3ccccc3)cc2)c2ccc3c(c2)oc2ccccc23)cc1. The molecule has 0 aliphatic heterocycles. The van der Waals surface area contributed by atoms with E-state index in [4.69, 9.17) is 14.1 Å². The first-order chi connectivity index (χ1) is 17.3. The smallest absolute Gasteiger partial charge is 0.537 e. The fourth-order valence-corrected chi connectivity index (χ4v) is 4.47. The highest BCUT2D eigenvalue weighted by Gasteiger charge is 2.16. The van der Waals surface area contributed by atoms with Crippen molar-refractivity contribution in [3.05, 3.63) is 121 Å². The average Bonchev–Trinajstić information content (AvgIpc) is 3.29. The van der Waals surface area contributed by atoms with E-state index in [1.54, 1.807) is 0 Å². The normalized spacial score (nSPS) is 11.0. The van der Waals surface area contributed by atoms with Crippen molar-refractivity contribution < 1.29 is 14.1 Å². The molecule has 0 saturated heterocycles. The maximum absolute atomic E-state index is 8.97. The van der Waals surface area contributed by atoms with Crippen molar-refractivity contribution in [3.63, 3.8) is 0 Å². The third-order valence-corrected chi connectivity index (χ3v) is 6.14. The van der Waals surface area contributed by atoms with Crippen LogP contribution in [0.3, 0.4) is 0 Å². The number of para-hydroxylation sites is 1. The second-order valence-electron chi connectivity index (χ2n) is 8.24. The van der Waals surface area contributed by atoms with E-state index >= 15 is 0 Å². The van der Waals surface area contributed by atoms with Crippen molar-refractivity contribution in [2.75, 3.05) is 4.90 Å². The first-order valence-corrected chi connectivity index (χ1v) is 11.4. The van der Waals surface area contributed by atoms with Gasteiger partial charge in [-0.2, -0.15) is 0 Å². The van der Waals surface area contributed by atoms with Gasteiger partial charge in [0, 0.05) is 33.9 Å². The minimum Gasteiger partial charge on any atom is -0.537 e. The predicted molar refractivity (Wildman–Crippen MR) is 142 cm³/mol. The Kier molecular flexibility index (Phi) is 5.45. The lowest BCUT2D eigenvalue weighted by atomic mass is 10.0. The Morgan fingerprint density at radius 2 is 1.17 bits per heavy atom. The average molecular weight is 454 g/mol. The summed E-state index contributed by atoms with van der Waals surface area (Å²) >= 11 is 0. The Morgan fingerprint density at radius 3 is 1.91 bits per heavy atom. The zero-order chi connectivity index (χ0) is 23.6. The topological polar surface area (TPSA) is 45.8 Å². The second kappa shape index (κ2) is 9.05. The lowest BCUT2D eigenvalue weighted by Gasteiger charge is -2.26. The van der Waals surface area contributed by atoms with Gasteiger partial charge in [0.15, 0.2) is 0 Å². The second-order valence-corrected chi connectivity index (χ2v) is 8.24. The van der Waals surface area contributed by atoms with Crippen molar-refractivity contribution in [1.82, 2.24) is 0 Å². The summed E-state index contributed by atoms with van der Waals surface area (Å²) in [6, 6.07) is 40.8. The fraction of sp³-hybridized carbons (Fsp3) is 0. The van der Waals surface area contributed by atoms with E-state index in [1.165, 1.54) is 5.56 Å². The zero-order valence-corrected chi connectivity index (χ0v) is 18.8. The highest BCUT2D eigenvalue weighted by atomic mass is 16.5. The summed E-state index contributed by atoms with van der Waals surface area (Å²) in [5, 5.41) is 11.2. The van der Waals surface area contributed by atoms with E-state index in [-0.39, 0.29) is 0 Å². The molecule has 1 heterocycles. The number of benzene rings is 5. The molecule has 0 aliphatic carbocycles. The summed E-state index contributed by atoms with van der Waals surface area (Å²) < 4.78 is 11.3. The predicted octanol–water partition coefficient (Wildman–Crippen LogP) is 7.63. The standard InChI is InChI=1S/C30H21BNO3/c33-31-35-26-17-14-24(15-18-26)32(23-12-10-22(11-13-23)21-6-2-1-3-7-21)25-16-19-28-27-8-4-5-9-29(27)34-30(28)20-25/h1-20,33H. The summed E-state index contributed by atoms with van der Waals surface area (Å²) in [5.41, 5.74) is 7.00. The lowest BCUT2D eigenvalue weighted by Crippen LogP contribution is -2.10. The maximum Gasteiger partial charge on any atom is 0.569 e. The van der Waals surface area contributed by atoms with E-state index in [2.05, 4.69) is 65.6 Å². The van der Waals surface area contributed by atoms with Crippen molar-refractivity contribution in [3.8, 4) is 16.9 Å². The molecule has 1 aromatic heterocycles. The highest BCUT2D eigenvalue weighted by Crippen LogP contribution is 2.39. The number of rotatable bonds is 6. The van der Waals surface area contributed by atoms with Crippen LogP contribution >= 0.6 is 0 Å². The van der Waals surface area contributed by atoms with Gasteiger partial charge in [-0.25, -0.2) is 0 Å². The van der Waals surface area contributed by atoms with Crippen molar-refractivity contribution in [2.45, 2.75) is 0 Å². The number of hydrogen-bond donors (Lipinski definition) is 1. The van der Waals surface area contributed by atoms with Gasteiger partial charge in [-0.1, -0.05) is 60.7 Å². The number of fused-ring (bicyclic) bond motifs is 3. The van der Waals surface area contributed by atoms with Crippen LogP contribution in [-0.4, -0.2) is 12.7 Å². The first-order valence-electron chi connectivity index (χ1n) is 11.4. The van der Waals surface area contributed by atoms with Gasteiger partial charge >= 0.3 is 7.69 Å². The molecule has 5 heteroatoms. The number of furan rings is 1. The number of hydrogen-bond acceptors (Lipinski definition) is 4. The van der Waals surface area contributed by atoms with Gasteiger partial charge in [0.25, 0.3) is 0 Å². The van der Waals surface area contributed by atoms with Gasteiger partial charge in [0.05, 0.1) is 0 Å². The molecule has 0 amide bonds. The monoisotopic (exact) mass is 454 g/mol. The van der Waals surface area contributed by atoms with Crippen LogP contribution in [0.2, 0.25) is 0 Å². The number of nitrogens with zero attached hydrogens (tertiary/aromatic N) is 1. The van der Waals surface area contributed by atoms with Crippen molar-refractivity contribution in [2.24, 2.45) is 0 Å². The van der Waals surface area contributed by atoms with E-state index in [0.717, 1.165) is 44.6 Å².